The summed E-state index contributed by atoms with van der Waals surface area (Å²) in [6.07, 6.45) is 0.0589. The Morgan fingerprint density at radius 2 is 1.85 bits per heavy atom. The van der Waals surface area contributed by atoms with Crippen LogP contribution in [0.3, 0.4) is 0 Å². The number of carbonyl (C=O) groups excluding carboxylic acids is 1. The molecule has 0 spiro atoms. The van der Waals surface area contributed by atoms with Crippen molar-refractivity contribution in [1.82, 2.24) is 5.32 Å². The second kappa shape index (κ2) is 7.51. The lowest BCUT2D eigenvalue weighted by atomic mass is 9.89. The normalized spacial score (nSPS) is 18.6. The third-order valence-electron chi connectivity index (χ3n) is 4.69. The number of rotatable bonds is 5. The Bertz CT molecular complexity index is 814. The van der Waals surface area contributed by atoms with Gasteiger partial charge in [0.1, 0.15) is 22.8 Å². The molecular formula is C22H27NO4. The van der Waals surface area contributed by atoms with Gasteiger partial charge in [-0.15, -0.1) is 0 Å². The SMILES string of the molecule is COc1ccc2c(c1)[C@H](NC(=O)[C@@H](C)Oc1ccc(C)cc1)CC(C)(C)O2. The van der Waals surface area contributed by atoms with Crippen molar-refractivity contribution in [2.45, 2.75) is 51.9 Å². The molecule has 5 heteroatoms. The van der Waals surface area contributed by atoms with Crippen molar-refractivity contribution in [3.05, 3.63) is 53.6 Å². The molecule has 0 saturated carbocycles. The summed E-state index contributed by atoms with van der Waals surface area (Å²) in [5.41, 5.74) is 1.69. The smallest absolute Gasteiger partial charge is 0.261 e. The molecule has 0 unspecified atom stereocenters. The fourth-order valence-electron chi connectivity index (χ4n) is 3.25. The second-order valence-corrected chi connectivity index (χ2v) is 7.60. The van der Waals surface area contributed by atoms with Crippen LogP contribution in [0.4, 0.5) is 0 Å². The number of hydrogen-bond acceptors (Lipinski definition) is 4. The van der Waals surface area contributed by atoms with Crippen LogP contribution in [0.1, 0.15) is 44.4 Å². The molecule has 1 aliphatic rings. The van der Waals surface area contributed by atoms with Crippen molar-refractivity contribution < 1.29 is 19.0 Å². The molecule has 3 rings (SSSR count). The van der Waals surface area contributed by atoms with Gasteiger partial charge in [0, 0.05) is 12.0 Å². The average Bonchev–Trinajstić information content (AvgIpc) is 2.62. The lowest BCUT2D eigenvalue weighted by Crippen LogP contribution is -2.44. The quantitative estimate of drug-likeness (QED) is 0.859. The van der Waals surface area contributed by atoms with Crippen molar-refractivity contribution in [2.75, 3.05) is 7.11 Å². The van der Waals surface area contributed by atoms with Gasteiger partial charge in [-0.3, -0.25) is 4.79 Å². The molecule has 2 aromatic rings. The lowest BCUT2D eigenvalue weighted by molar-refractivity contribution is -0.128. The molecule has 2 atom stereocenters. The highest BCUT2D eigenvalue weighted by Gasteiger charge is 2.35. The summed E-state index contributed by atoms with van der Waals surface area (Å²) in [6, 6.07) is 13.2. The Morgan fingerprint density at radius 3 is 2.52 bits per heavy atom. The van der Waals surface area contributed by atoms with E-state index in [1.54, 1.807) is 14.0 Å². The molecule has 0 aliphatic carbocycles. The summed E-state index contributed by atoms with van der Waals surface area (Å²) in [5, 5.41) is 3.11. The maximum absolute atomic E-state index is 12.7. The number of hydrogen-bond donors (Lipinski definition) is 1. The average molecular weight is 369 g/mol. The predicted molar refractivity (Wildman–Crippen MR) is 104 cm³/mol. The number of aryl methyl sites for hydroxylation is 1. The maximum atomic E-state index is 12.7. The number of methoxy groups -OCH3 is 1. The first-order valence-electron chi connectivity index (χ1n) is 9.18. The van der Waals surface area contributed by atoms with E-state index in [9.17, 15) is 4.79 Å². The summed E-state index contributed by atoms with van der Waals surface area (Å²) in [6.45, 7) is 7.81. The molecular weight excluding hydrogens is 342 g/mol. The monoisotopic (exact) mass is 369 g/mol. The molecule has 2 aromatic carbocycles. The highest BCUT2D eigenvalue weighted by atomic mass is 16.5. The molecule has 0 saturated heterocycles. The molecule has 1 aliphatic heterocycles. The minimum Gasteiger partial charge on any atom is -0.497 e. The van der Waals surface area contributed by atoms with Crippen LogP contribution in [0.15, 0.2) is 42.5 Å². The highest BCUT2D eigenvalue weighted by Crippen LogP contribution is 2.41. The number of fused-ring (bicyclic) bond motifs is 1. The van der Waals surface area contributed by atoms with Gasteiger partial charge in [0.05, 0.1) is 13.2 Å². The zero-order valence-electron chi connectivity index (χ0n) is 16.5. The summed E-state index contributed by atoms with van der Waals surface area (Å²) in [5.74, 6) is 2.02. The van der Waals surface area contributed by atoms with E-state index in [0.717, 1.165) is 22.6 Å². The van der Waals surface area contributed by atoms with Crippen molar-refractivity contribution in [3.8, 4) is 17.2 Å². The van der Waals surface area contributed by atoms with Crippen molar-refractivity contribution in [3.63, 3.8) is 0 Å². The molecule has 1 heterocycles. The third-order valence-corrected chi connectivity index (χ3v) is 4.69. The van der Waals surface area contributed by atoms with Crippen molar-refractivity contribution in [1.29, 1.82) is 0 Å². The minimum atomic E-state index is -0.604. The lowest BCUT2D eigenvalue weighted by Gasteiger charge is -2.38. The van der Waals surface area contributed by atoms with Gasteiger partial charge >= 0.3 is 0 Å². The number of nitrogens with one attached hydrogen (secondary N) is 1. The highest BCUT2D eigenvalue weighted by molar-refractivity contribution is 5.81. The third kappa shape index (κ3) is 4.54. The van der Waals surface area contributed by atoms with E-state index >= 15 is 0 Å². The van der Waals surface area contributed by atoms with Crippen molar-refractivity contribution in [2.24, 2.45) is 0 Å². The van der Waals surface area contributed by atoms with Gasteiger partial charge < -0.3 is 19.5 Å². The van der Waals surface area contributed by atoms with Gasteiger partial charge in [-0.05, 0) is 58.0 Å². The zero-order valence-corrected chi connectivity index (χ0v) is 16.5. The van der Waals surface area contributed by atoms with E-state index in [2.05, 4.69) is 5.32 Å². The predicted octanol–water partition coefficient (Wildman–Crippen LogP) is 4.19. The van der Waals surface area contributed by atoms with Crippen LogP contribution in [-0.4, -0.2) is 24.7 Å². The number of ether oxygens (including phenoxy) is 3. The Kier molecular flexibility index (Phi) is 5.31. The number of amides is 1. The second-order valence-electron chi connectivity index (χ2n) is 7.60. The zero-order chi connectivity index (χ0) is 19.6. The first-order chi connectivity index (χ1) is 12.8. The van der Waals surface area contributed by atoms with E-state index in [1.807, 2.05) is 63.2 Å². The molecule has 0 bridgehead atoms. The maximum Gasteiger partial charge on any atom is 0.261 e. The summed E-state index contributed by atoms with van der Waals surface area (Å²) < 4.78 is 17.2. The van der Waals surface area contributed by atoms with Crippen LogP contribution in [0.5, 0.6) is 17.2 Å². The largest absolute Gasteiger partial charge is 0.497 e. The van der Waals surface area contributed by atoms with E-state index in [-0.39, 0.29) is 17.6 Å². The molecule has 0 radical (unpaired) electrons. The molecule has 1 amide bonds. The van der Waals surface area contributed by atoms with Gasteiger partial charge in [0.25, 0.3) is 5.91 Å². The van der Waals surface area contributed by atoms with Gasteiger partial charge in [0.15, 0.2) is 6.10 Å². The fourth-order valence-corrected chi connectivity index (χ4v) is 3.25. The summed E-state index contributed by atoms with van der Waals surface area (Å²) in [7, 11) is 1.63. The van der Waals surface area contributed by atoms with E-state index < -0.39 is 6.10 Å². The van der Waals surface area contributed by atoms with E-state index in [0.29, 0.717) is 12.2 Å². The molecule has 144 valence electrons. The van der Waals surface area contributed by atoms with Crippen LogP contribution in [-0.2, 0) is 4.79 Å². The van der Waals surface area contributed by atoms with Crippen LogP contribution in [0.2, 0.25) is 0 Å². The molecule has 0 fully saturated rings. The minimum absolute atomic E-state index is 0.160. The first kappa shape index (κ1) is 19.1. The molecule has 1 N–H and O–H groups in total. The summed E-state index contributed by atoms with van der Waals surface area (Å²) in [4.78, 5) is 12.7. The van der Waals surface area contributed by atoms with Gasteiger partial charge in [-0.1, -0.05) is 17.7 Å². The van der Waals surface area contributed by atoms with Gasteiger partial charge in [-0.2, -0.15) is 0 Å². The Morgan fingerprint density at radius 1 is 1.19 bits per heavy atom. The molecule has 0 aromatic heterocycles. The molecule has 27 heavy (non-hydrogen) atoms. The van der Waals surface area contributed by atoms with E-state index in [1.165, 1.54) is 0 Å². The van der Waals surface area contributed by atoms with Gasteiger partial charge in [-0.25, -0.2) is 0 Å². The number of benzene rings is 2. The van der Waals surface area contributed by atoms with E-state index in [4.69, 9.17) is 14.2 Å². The Balaban J connectivity index is 1.75. The fraction of sp³-hybridized carbons (Fsp3) is 0.409. The Hall–Kier alpha value is -2.69. The topological polar surface area (TPSA) is 56.8 Å². The van der Waals surface area contributed by atoms with Crippen LogP contribution in [0, 0.1) is 6.92 Å². The standard InChI is InChI=1S/C22H27NO4/c1-14-6-8-16(9-7-14)26-15(2)21(24)23-19-13-22(3,4)27-20-11-10-17(25-5)12-18(19)20/h6-12,15,19H,13H2,1-5H3,(H,23,24)/t15-,19-/m1/s1. The number of carbonyl (C=O) groups is 1. The first-order valence-corrected chi connectivity index (χ1v) is 9.18. The van der Waals surface area contributed by atoms with Gasteiger partial charge in [0.2, 0.25) is 0 Å². The van der Waals surface area contributed by atoms with Crippen LogP contribution < -0.4 is 19.5 Å². The Labute approximate surface area is 160 Å². The van der Waals surface area contributed by atoms with Crippen LogP contribution >= 0.6 is 0 Å². The summed E-state index contributed by atoms with van der Waals surface area (Å²) >= 11 is 0. The molecule has 5 nitrogen and oxygen atoms in total. The van der Waals surface area contributed by atoms with Crippen LogP contribution in [0.25, 0.3) is 0 Å². The van der Waals surface area contributed by atoms with Crippen molar-refractivity contribution >= 4 is 5.91 Å².